The van der Waals surface area contributed by atoms with Crippen LogP contribution in [0.25, 0.3) is 0 Å². The maximum absolute atomic E-state index is 6.51. The largest absolute Gasteiger partial charge is 0.379 e. The summed E-state index contributed by atoms with van der Waals surface area (Å²) in [4.78, 5) is 11.3. The van der Waals surface area contributed by atoms with Crippen molar-refractivity contribution < 1.29 is 4.74 Å². The van der Waals surface area contributed by atoms with Crippen LogP contribution < -0.4 is 10.6 Å². The first-order chi connectivity index (χ1) is 13.7. The number of aryl methyl sites for hydroxylation is 1. The second-order valence-electron chi connectivity index (χ2n) is 6.56. The average Bonchev–Trinajstić information content (AvgIpc) is 3.13. The Hall–Kier alpha value is -1.43. The summed E-state index contributed by atoms with van der Waals surface area (Å²) < 4.78 is 7.25. The van der Waals surface area contributed by atoms with E-state index in [1.54, 1.807) is 4.68 Å². The normalized spacial score (nSPS) is 16.2. The van der Waals surface area contributed by atoms with Gasteiger partial charge in [-0.2, -0.15) is 5.10 Å². The molecule has 2 N–H and O–H groups in total. The van der Waals surface area contributed by atoms with Gasteiger partial charge in [0.2, 0.25) is 0 Å². The number of hydrogen-bond donors (Lipinski definition) is 2. The van der Waals surface area contributed by atoms with Crippen molar-refractivity contribution in [2.24, 2.45) is 12.0 Å². The van der Waals surface area contributed by atoms with Crippen molar-refractivity contribution in [1.82, 2.24) is 30.3 Å². The third-order valence-electron chi connectivity index (χ3n) is 4.74. The highest BCUT2D eigenvalue weighted by molar-refractivity contribution is 14.0. The van der Waals surface area contributed by atoms with E-state index in [2.05, 4.69) is 36.7 Å². The highest BCUT2D eigenvalue weighted by atomic mass is 127. The molecule has 1 aliphatic rings. The molecule has 10 heteroatoms. The molecule has 0 aliphatic carbocycles. The molecule has 0 spiro atoms. The Morgan fingerprint density at radius 1 is 1.28 bits per heavy atom. The maximum atomic E-state index is 6.51. The summed E-state index contributed by atoms with van der Waals surface area (Å²) in [6.45, 7) is 7.21. The first kappa shape index (κ1) is 23.8. The van der Waals surface area contributed by atoms with Gasteiger partial charge in [0.1, 0.15) is 18.7 Å². The number of nitrogens with one attached hydrogen (secondary N) is 2. The number of nitrogens with zero attached hydrogens (tertiary/aromatic N) is 5. The molecular formula is C19H29ClIN7O. The molecule has 1 unspecified atom stereocenters. The molecule has 0 amide bonds. The van der Waals surface area contributed by atoms with E-state index in [0.29, 0.717) is 13.1 Å². The fraction of sp³-hybridized carbons (Fsp3) is 0.526. The van der Waals surface area contributed by atoms with Gasteiger partial charge in [0.05, 0.1) is 19.3 Å². The molecule has 3 rings (SSSR count). The second-order valence-corrected chi connectivity index (χ2v) is 6.97. The summed E-state index contributed by atoms with van der Waals surface area (Å²) in [6.07, 6.45) is 1.54. The molecule has 160 valence electrons. The first-order valence-corrected chi connectivity index (χ1v) is 9.98. The van der Waals surface area contributed by atoms with Gasteiger partial charge >= 0.3 is 0 Å². The molecule has 1 aromatic carbocycles. The zero-order chi connectivity index (χ0) is 19.8. The maximum Gasteiger partial charge on any atom is 0.191 e. The van der Waals surface area contributed by atoms with E-state index in [0.717, 1.165) is 55.2 Å². The SMILES string of the molecule is CCNC(=NCc1ncnn1C)NCC(c1ccccc1Cl)N1CCOCC1.I. The Kier molecular flexibility index (Phi) is 10.1. The first-order valence-electron chi connectivity index (χ1n) is 9.60. The Balaban J connectivity index is 0.00000300. The van der Waals surface area contributed by atoms with Crippen molar-refractivity contribution in [2.75, 3.05) is 39.4 Å². The zero-order valence-electron chi connectivity index (χ0n) is 16.8. The molecule has 29 heavy (non-hydrogen) atoms. The van der Waals surface area contributed by atoms with Gasteiger partial charge in [0.15, 0.2) is 5.96 Å². The summed E-state index contributed by atoms with van der Waals surface area (Å²) in [7, 11) is 1.87. The quantitative estimate of drug-likeness (QED) is 0.323. The predicted molar refractivity (Wildman–Crippen MR) is 126 cm³/mol. The molecule has 2 heterocycles. The minimum absolute atomic E-state index is 0. The summed E-state index contributed by atoms with van der Waals surface area (Å²) in [6, 6.07) is 8.16. The number of morpholine rings is 1. The van der Waals surface area contributed by atoms with E-state index in [9.17, 15) is 0 Å². The molecule has 1 atom stereocenters. The Bertz CT molecular complexity index is 779. The van der Waals surface area contributed by atoms with Gasteiger partial charge in [0, 0.05) is 38.2 Å². The van der Waals surface area contributed by atoms with Crippen LogP contribution in [0, 0.1) is 0 Å². The average molecular weight is 534 g/mol. The fourth-order valence-corrected chi connectivity index (χ4v) is 3.48. The van der Waals surface area contributed by atoms with Gasteiger partial charge in [-0.25, -0.2) is 9.98 Å². The van der Waals surface area contributed by atoms with E-state index in [-0.39, 0.29) is 30.0 Å². The predicted octanol–water partition coefficient (Wildman–Crippen LogP) is 2.22. The van der Waals surface area contributed by atoms with Crippen LogP contribution in [0.4, 0.5) is 0 Å². The molecule has 1 saturated heterocycles. The third kappa shape index (κ3) is 6.80. The number of benzene rings is 1. The van der Waals surface area contributed by atoms with E-state index < -0.39 is 0 Å². The Labute approximate surface area is 194 Å². The lowest BCUT2D eigenvalue weighted by molar-refractivity contribution is 0.0170. The lowest BCUT2D eigenvalue weighted by atomic mass is 10.0. The molecule has 8 nitrogen and oxygen atoms in total. The van der Waals surface area contributed by atoms with Gasteiger partial charge in [-0.1, -0.05) is 29.8 Å². The molecule has 1 fully saturated rings. The zero-order valence-corrected chi connectivity index (χ0v) is 19.9. The molecular weight excluding hydrogens is 505 g/mol. The number of hydrogen-bond acceptors (Lipinski definition) is 5. The number of aliphatic imine (C=N–C) groups is 1. The van der Waals surface area contributed by atoms with Gasteiger partial charge < -0.3 is 15.4 Å². The van der Waals surface area contributed by atoms with Crippen LogP contribution in [0.2, 0.25) is 5.02 Å². The fourth-order valence-electron chi connectivity index (χ4n) is 3.22. The van der Waals surface area contributed by atoms with Crippen molar-refractivity contribution in [3.63, 3.8) is 0 Å². The Morgan fingerprint density at radius 2 is 2.03 bits per heavy atom. The lowest BCUT2D eigenvalue weighted by Gasteiger charge is -2.35. The summed E-state index contributed by atoms with van der Waals surface area (Å²) >= 11 is 6.51. The highest BCUT2D eigenvalue weighted by Crippen LogP contribution is 2.27. The van der Waals surface area contributed by atoms with Crippen LogP contribution >= 0.6 is 35.6 Å². The molecule has 2 aromatic rings. The summed E-state index contributed by atoms with van der Waals surface area (Å²) in [5, 5.41) is 11.6. The lowest BCUT2D eigenvalue weighted by Crippen LogP contribution is -2.46. The highest BCUT2D eigenvalue weighted by Gasteiger charge is 2.24. The van der Waals surface area contributed by atoms with Crippen LogP contribution in [0.5, 0.6) is 0 Å². The van der Waals surface area contributed by atoms with Gasteiger partial charge in [-0.05, 0) is 18.6 Å². The van der Waals surface area contributed by atoms with E-state index in [4.69, 9.17) is 16.3 Å². The molecule has 1 aromatic heterocycles. The minimum Gasteiger partial charge on any atom is -0.379 e. The van der Waals surface area contributed by atoms with Crippen LogP contribution in [0.15, 0.2) is 35.6 Å². The standard InChI is InChI=1S/C19H28ClN7O.HI/c1-3-21-19(23-13-18-24-14-25-26(18)2)22-12-17(27-8-10-28-11-9-27)15-6-4-5-7-16(15)20;/h4-7,14,17H,3,8-13H2,1-2H3,(H2,21,22,23);1H. The summed E-state index contributed by atoms with van der Waals surface area (Å²) in [5.74, 6) is 1.56. The van der Waals surface area contributed by atoms with Crippen LogP contribution in [-0.4, -0.2) is 65.0 Å². The molecule has 0 saturated carbocycles. The molecule has 0 radical (unpaired) electrons. The smallest absolute Gasteiger partial charge is 0.191 e. The minimum atomic E-state index is 0. The van der Waals surface area contributed by atoms with E-state index in [1.165, 1.54) is 6.33 Å². The molecule has 0 bridgehead atoms. The van der Waals surface area contributed by atoms with Crippen molar-refractivity contribution >= 4 is 41.5 Å². The number of aromatic nitrogens is 3. The number of rotatable bonds is 7. The number of ether oxygens (including phenoxy) is 1. The van der Waals surface area contributed by atoms with E-state index >= 15 is 0 Å². The third-order valence-corrected chi connectivity index (χ3v) is 5.09. The summed E-state index contributed by atoms with van der Waals surface area (Å²) in [5.41, 5.74) is 1.11. The Morgan fingerprint density at radius 3 is 2.69 bits per heavy atom. The number of halogens is 2. The van der Waals surface area contributed by atoms with E-state index in [1.807, 2.05) is 32.2 Å². The number of guanidine groups is 1. The van der Waals surface area contributed by atoms with Gasteiger partial charge in [-0.15, -0.1) is 24.0 Å². The monoisotopic (exact) mass is 533 g/mol. The second kappa shape index (κ2) is 12.3. The molecule has 1 aliphatic heterocycles. The van der Waals surface area contributed by atoms with Gasteiger partial charge in [-0.3, -0.25) is 9.58 Å². The van der Waals surface area contributed by atoms with Gasteiger partial charge in [0.25, 0.3) is 0 Å². The van der Waals surface area contributed by atoms with Crippen LogP contribution in [-0.2, 0) is 18.3 Å². The van der Waals surface area contributed by atoms with Crippen LogP contribution in [0.1, 0.15) is 24.4 Å². The van der Waals surface area contributed by atoms with Crippen molar-refractivity contribution in [2.45, 2.75) is 19.5 Å². The topological polar surface area (TPSA) is 79.6 Å². The van der Waals surface area contributed by atoms with Crippen molar-refractivity contribution in [1.29, 1.82) is 0 Å². The van der Waals surface area contributed by atoms with Crippen LogP contribution in [0.3, 0.4) is 0 Å². The van der Waals surface area contributed by atoms with Crippen molar-refractivity contribution in [3.8, 4) is 0 Å². The van der Waals surface area contributed by atoms with Crippen molar-refractivity contribution in [3.05, 3.63) is 47.0 Å².